The highest BCUT2D eigenvalue weighted by molar-refractivity contribution is 6.01. The van der Waals surface area contributed by atoms with Gasteiger partial charge in [-0.05, 0) is 37.8 Å². The standard InChI is InChI=1S/C14H14F3NO2/c15-14(16,17)9-5-4-6-10-11(9)20-13(12(19)18-10)7-2-1-3-8-13/h4-6H,1-3,7-8H2,(H,18,19). The molecule has 1 amide bonds. The number of alkyl halides is 3. The number of halogens is 3. The molecule has 1 saturated carbocycles. The van der Waals surface area contributed by atoms with E-state index in [1.165, 1.54) is 12.1 Å². The first-order valence-electron chi connectivity index (χ1n) is 6.63. The molecule has 0 radical (unpaired) electrons. The fraction of sp³-hybridized carbons (Fsp3) is 0.500. The van der Waals surface area contributed by atoms with Gasteiger partial charge in [0.05, 0.1) is 11.3 Å². The van der Waals surface area contributed by atoms with E-state index in [4.69, 9.17) is 4.74 Å². The third kappa shape index (κ3) is 2.03. The third-order valence-electron chi connectivity index (χ3n) is 3.94. The molecule has 0 bridgehead atoms. The van der Waals surface area contributed by atoms with Gasteiger partial charge in [0.25, 0.3) is 5.91 Å². The van der Waals surface area contributed by atoms with Gasteiger partial charge in [-0.3, -0.25) is 4.79 Å². The van der Waals surface area contributed by atoms with Crippen molar-refractivity contribution in [1.82, 2.24) is 0 Å². The summed E-state index contributed by atoms with van der Waals surface area (Å²) in [6, 6.07) is 3.68. The summed E-state index contributed by atoms with van der Waals surface area (Å²) in [5.74, 6) is -0.578. The van der Waals surface area contributed by atoms with Crippen molar-refractivity contribution in [2.24, 2.45) is 0 Å². The number of benzene rings is 1. The van der Waals surface area contributed by atoms with Crippen LogP contribution in [0.5, 0.6) is 5.75 Å². The first kappa shape index (κ1) is 13.3. The van der Waals surface area contributed by atoms with Crippen LogP contribution in [-0.2, 0) is 11.0 Å². The molecule has 6 heteroatoms. The molecule has 1 N–H and O–H groups in total. The van der Waals surface area contributed by atoms with Crippen molar-refractivity contribution in [2.75, 3.05) is 5.32 Å². The molecular weight excluding hydrogens is 271 g/mol. The maximum absolute atomic E-state index is 13.0. The number of carbonyl (C=O) groups excluding carboxylic acids is 1. The van der Waals surface area contributed by atoms with E-state index in [9.17, 15) is 18.0 Å². The predicted molar refractivity (Wildman–Crippen MR) is 66.5 cm³/mol. The van der Waals surface area contributed by atoms with Crippen molar-refractivity contribution in [2.45, 2.75) is 43.9 Å². The maximum atomic E-state index is 13.0. The molecule has 3 nitrogen and oxygen atoms in total. The summed E-state index contributed by atoms with van der Waals surface area (Å²) >= 11 is 0. The number of nitrogens with one attached hydrogen (secondary N) is 1. The van der Waals surface area contributed by atoms with E-state index in [-0.39, 0.29) is 17.3 Å². The summed E-state index contributed by atoms with van der Waals surface area (Å²) in [7, 11) is 0. The largest absolute Gasteiger partial charge is 0.475 e. The minimum atomic E-state index is -4.50. The van der Waals surface area contributed by atoms with Crippen LogP contribution < -0.4 is 10.1 Å². The van der Waals surface area contributed by atoms with Gasteiger partial charge in [-0.25, -0.2) is 0 Å². The number of carbonyl (C=O) groups is 1. The maximum Gasteiger partial charge on any atom is 0.420 e. The Hall–Kier alpha value is -1.72. The number of hydrogen-bond acceptors (Lipinski definition) is 2. The van der Waals surface area contributed by atoms with E-state index in [0.29, 0.717) is 12.8 Å². The van der Waals surface area contributed by atoms with Crippen molar-refractivity contribution in [3.05, 3.63) is 23.8 Å². The van der Waals surface area contributed by atoms with Crippen LogP contribution >= 0.6 is 0 Å². The van der Waals surface area contributed by atoms with Crippen LogP contribution in [0.15, 0.2) is 18.2 Å². The normalized spacial score (nSPS) is 21.1. The van der Waals surface area contributed by atoms with Crippen LogP contribution in [0.2, 0.25) is 0 Å². The van der Waals surface area contributed by atoms with E-state index >= 15 is 0 Å². The quantitative estimate of drug-likeness (QED) is 0.788. The molecule has 1 aromatic rings. The summed E-state index contributed by atoms with van der Waals surface area (Å²) in [6.45, 7) is 0. The first-order valence-corrected chi connectivity index (χ1v) is 6.63. The van der Waals surface area contributed by atoms with Crippen LogP contribution in [0.4, 0.5) is 18.9 Å². The van der Waals surface area contributed by atoms with Crippen LogP contribution in [0, 0.1) is 0 Å². The van der Waals surface area contributed by atoms with E-state index in [1.54, 1.807) is 0 Å². The molecule has 0 unspecified atom stereocenters. The van der Waals surface area contributed by atoms with E-state index < -0.39 is 17.3 Å². The van der Waals surface area contributed by atoms with Crippen molar-refractivity contribution < 1.29 is 22.7 Å². The Kier molecular flexibility index (Phi) is 2.92. The number of rotatable bonds is 0. The van der Waals surface area contributed by atoms with Gasteiger partial charge >= 0.3 is 6.18 Å². The average molecular weight is 285 g/mol. The molecule has 2 aliphatic rings. The van der Waals surface area contributed by atoms with Crippen LogP contribution in [0.3, 0.4) is 0 Å². The zero-order valence-electron chi connectivity index (χ0n) is 10.7. The number of ether oxygens (including phenoxy) is 1. The summed E-state index contributed by atoms with van der Waals surface area (Å²) in [5, 5.41) is 2.57. The number of para-hydroxylation sites is 1. The smallest absolute Gasteiger partial charge is 0.420 e. The summed E-state index contributed by atoms with van der Waals surface area (Å²) in [5.41, 5.74) is -1.87. The van der Waals surface area contributed by atoms with Crippen LogP contribution in [0.1, 0.15) is 37.7 Å². The van der Waals surface area contributed by atoms with Crippen LogP contribution in [-0.4, -0.2) is 11.5 Å². The monoisotopic (exact) mass is 285 g/mol. The molecule has 1 heterocycles. The molecule has 1 spiro atoms. The summed E-state index contributed by atoms with van der Waals surface area (Å²) in [6.07, 6.45) is -1.02. The second kappa shape index (κ2) is 4.40. The molecular formula is C14H14F3NO2. The van der Waals surface area contributed by atoms with Crippen LogP contribution in [0.25, 0.3) is 0 Å². The minimum Gasteiger partial charge on any atom is -0.475 e. The Labute approximate surface area is 114 Å². The summed E-state index contributed by atoms with van der Waals surface area (Å²) in [4.78, 5) is 12.2. The number of hydrogen-bond donors (Lipinski definition) is 1. The van der Waals surface area contributed by atoms with Crippen molar-refractivity contribution in [3.8, 4) is 5.75 Å². The van der Waals surface area contributed by atoms with Gasteiger partial charge in [0, 0.05) is 0 Å². The Morgan fingerprint density at radius 2 is 1.85 bits per heavy atom. The Morgan fingerprint density at radius 1 is 1.15 bits per heavy atom. The Bertz CT molecular complexity index is 548. The average Bonchev–Trinajstić information content (AvgIpc) is 2.39. The highest BCUT2D eigenvalue weighted by Crippen LogP contribution is 2.47. The molecule has 1 aliphatic heterocycles. The lowest BCUT2D eigenvalue weighted by Crippen LogP contribution is -2.52. The fourth-order valence-electron chi connectivity index (χ4n) is 2.90. The molecule has 1 fully saturated rings. The van der Waals surface area contributed by atoms with Gasteiger partial charge in [-0.1, -0.05) is 12.5 Å². The Balaban J connectivity index is 2.06. The molecule has 3 rings (SSSR count). The lowest BCUT2D eigenvalue weighted by molar-refractivity contribution is -0.145. The zero-order chi connectivity index (χ0) is 14.4. The predicted octanol–water partition coefficient (Wildman–Crippen LogP) is 3.74. The zero-order valence-corrected chi connectivity index (χ0v) is 10.7. The molecule has 1 aromatic carbocycles. The van der Waals surface area contributed by atoms with Crippen molar-refractivity contribution in [3.63, 3.8) is 0 Å². The van der Waals surface area contributed by atoms with E-state index in [0.717, 1.165) is 25.3 Å². The highest BCUT2D eigenvalue weighted by atomic mass is 19.4. The summed E-state index contributed by atoms with van der Waals surface area (Å²) < 4.78 is 44.7. The number of fused-ring (bicyclic) bond motifs is 1. The highest BCUT2D eigenvalue weighted by Gasteiger charge is 2.48. The number of amides is 1. The first-order chi connectivity index (χ1) is 9.42. The Morgan fingerprint density at radius 3 is 2.50 bits per heavy atom. The van der Waals surface area contributed by atoms with Crippen molar-refractivity contribution >= 4 is 11.6 Å². The SMILES string of the molecule is O=C1Nc2cccc(C(F)(F)F)c2OC12CCCCC2. The second-order valence-corrected chi connectivity index (χ2v) is 5.29. The molecule has 108 valence electrons. The molecule has 20 heavy (non-hydrogen) atoms. The molecule has 0 saturated heterocycles. The topological polar surface area (TPSA) is 38.3 Å². The van der Waals surface area contributed by atoms with Gasteiger partial charge < -0.3 is 10.1 Å². The molecule has 0 aromatic heterocycles. The van der Waals surface area contributed by atoms with Gasteiger partial charge in [0.2, 0.25) is 0 Å². The lowest BCUT2D eigenvalue weighted by atomic mass is 9.83. The van der Waals surface area contributed by atoms with E-state index in [2.05, 4.69) is 5.32 Å². The fourth-order valence-corrected chi connectivity index (χ4v) is 2.90. The second-order valence-electron chi connectivity index (χ2n) is 5.29. The van der Waals surface area contributed by atoms with Gasteiger partial charge in [-0.15, -0.1) is 0 Å². The molecule has 1 aliphatic carbocycles. The van der Waals surface area contributed by atoms with Crippen molar-refractivity contribution in [1.29, 1.82) is 0 Å². The van der Waals surface area contributed by atoms with Gasteiger partial charge in [-0.2, -0.15) is 13.2 Å². The number of anilines is 1. The molecule has 0 atom stereocenters. The van der Waals surface area contributed by atoms with Gasteiger partial charge in [0.15, 0.2) is 11.4 Å². The third-order valence-corrected chi connectivity index (χ3v) is 3.94. The minimum absolute atomic E-state index is 0.0982. The van der Waals surface area contributed by atoms with Gasteiger partial charge in [0.1, 0.15) is 0 Å². The van der Waals surface area contributed by atoms with E-state index in [1.807, 2.05) is 0 Å². The lowest BCUT2D eigenvalue weighted by Gasteiger charge is -2.40.